The number of unbranched alkanes of at least 4 members (excludes halogenated alkanes) is 2. The summed E-state index contributed by atoms with van der Waals surface area (Å²) < 4.78 is 5.13. The first-order valence-electron chi connectivity index (χ1n) is 11.3. The van der Waals surface area contributed by atoms with Crippen molar-refractivity contribution in [1.82, 2.24) is 9.88 Å². The first kappa shape index (κ1) is 25.3. The van der Waals surface area contributed by atoms with Crippen LogP contribution in [-0.2, 0) is 14.3 Å². The van der Waals surface area contributed by atoms with Crippen LogP contribution >= 0.6 is 11.3 Å². The molecule has 31 heavy (non-hydrogen) atoms. The highest BCUT2D eigenvalue weighted by Crippen LogP contribution is 2.31. The van der Waals surface area contributed by atoms with Crippen molar-refractivity contribution in [2.45, 2.75) is 73.6 Å². The highest BCUT2D eigenvalue weighted by Gasteiger charge is 2.35. The lowest BCUT2D eigenvalue weighted by atomic mass is 9.90. The Morgan fingerprint density at radius 1 is 1.16 bits per heavy atom. The number of aryl methyl sites for hydroxylation is 1. The van der Waals surface area contributed by atoms with E-state index in [1.807, 2.05) is 25.7 Å². The van der Waals surface area contributed by atoms with Crippen molar-refractivity contribution in [3.8, 4) is 0 Å². The highest BCUT2D eigenvalue weighted by atomic mass is 32.1. The van der Waals surface area contributed by atoms with Crippen LogP contribution in [0.3, 0.4) is 0 Å². The lowest BCUT2D eigenvalue weighted by Crippen LogP contribution is -2.47. The van der Waals surface area contributed by atoms with Gasteiger partial charge in [0.2, 0.25) is 11.8 Å². The van der Waals surface area contributed by atoms with Crippen LogP contribution in [0, 0.1) is 18.3 Å². The fraction of sp³-hybridized carbons (Fsp3) is 0.739. The van der Waals surface area contributed by atoms with E-state index in [0.29, 0.717) is 54.8 Å². The molecule has 1 aromatic rings. The summed E-state index contributed by atoms with van der Waals surface area (Å²) in [5, 5.41) is 0.565. The largest absolute Gasteiger partial charge is 0.462 e. The summed E-state index contributed by atoms with van der Waals surface area (Å²) in [5.74, 6) is -0.351. The molecule has 0 aliphatic carbocycles. The number of nitrogens with zero attached hydrogens (tertiary/aromatic N) is 3. The van der Waals surface area contributed by atoms with Gasteiger partial charge < -0.3 is 9.64 Å². The molecule has 174 valence electrons. The van der Waals surface area contributed by atoms with Gasteiger partial charge in [0, 0.05) is 31.0 Å². The molecule has 8 heteroatoms. The van der Waals surface area contributed by atoms with Gasteiger partial charge in [-0.2, -0.15) is 0 Å². The van der Waals surface area contributed by atoms with E-state index in [9.17, 15) is 14.4 Å². The van der Waals surface area contributed by atoms with Gasteiger partial charge in [-0.1, -0.05) is 51.9 Å². The van der Waals surface area contributed by atoms with Gasteiger partial charge in [-0.15, -0.1) is 0 Å². The lowest BCUT2D eigenvalue weighted by Gasteiger charge is -2.36. The summed E-state index contributed by atoms with van der Waals surface area (Å²) in [4.78, 5) is 46.9. The van der Waals surface area contributed by atoms with E-state index in [1.165, 1.54) is 11.3 Å². The molecule has 2 amide bonds. The maximum absolute atomic E-state index is 13.5. The van der Waals surface area contributed by atoms with Crippen molar-refractivity contribution in [1.29, 1.82) is 0 Å². The fourth-order valence-corrected chi connectivity index (χ4v) is 4.72. The molecule has 0 saturated carbocycles. The number of aromatic nitrogens is 1. The average molecular weight is 452 g/mol. The van der Waals surface area contributed by atoms with Gasteiger partial charge in [-0.3, -0.25) is 14.5 Å². The number of esters is 1. The second-order valence-corrected chi connectivity index (χ2v) is 10.1. The molecule has 0 N–H and O–H groups in total. The summed E-state index contributed by atoms with van der Waals surface area (Å²) in [6, 6.07) is 0. The molecule has 0 unspecified atom stereocenters. The number of ether oxygens (including phenoxy) is 1. The molecule has 1 aromatic heterocycles. The number of anilines is 1. The highest BCUT2D eigenvalue weighted by molar-refractivity contribution is 7.17. The molecule has 2 heterocycles. The van der Waals surface area contributed by atoms with E-state index in [2.05, 4.69) is 11.9 Å². The van der Waals surface area contributed by atoms with Gasteiger partial charge in [-0.05, 0) is 33.1 Å². The molecule has 0 bridgehead atoms. The number of hydrogen-bond acceptors (Lipinski definition) is 6. The molecule has 7 nitrogen and oxygen atoms in total. The molecule has 1 aliphatic heterocycles. The van der Waals surface area contributed by atoms with Crippen LogP contribution in [0.2, 0.25) is 0 Å². The monoisotopic (exact) mass is 451 g/mol. The van der Waals surface area contributed by atoms with Crippen molar-refractivity contribution in [2.75, 3.05) is 31.1 Å². The van der Waals surface area contributed by atoms with E-state index >= 15 is 0 Å². The van der Waals surface area contributed by atoms with Crippen LogP contribution in [0.1, 0.15) is 82.1 Å². The number of amides is 2. The number of piperidine rings is 1. The van der Waals surface area contributed by atoms with Crippen LogP contribution in [0.4, 0.5) is 5.13 Å². The quantitative estimate of drug-likeness (QED) is 0.431. The SMILES string of the molecule is CCCCCN(C(=O)C1CCN(C(=O)C(C)(C)C)CC1)c1nc(C)c(C(=O)OCC)s1. The Kier molecular flexibility index (Phi) is 9.03. The Hall–Kier alpha value is -1.96. The molecule has 2 rings (SSSR count). The Morgan fingerprint density at radius 3 is 2.35 bits per heavy atom. The molecule has 1 fully saturated rings. The third kappa shape index (κ3) is 6.51. The first-order valence-corrected chi connectivity index (χ1v) is 12.2. The van der Waals surface area contributed by atoms with E-state index in [1.54, 1.807) is 18.7 Å². The Bertz CT molecular complexity index is 776. The third-order valence-corrected chi connectivity index (χ3v) is 6.66. The Labute approximate surface area is 190 Å². The zero-order chi connectivity index (χ0) is 23.2. The van der Waals surface area contributed by atoms with E-state index in [-0.39, 0.29) is 17.7 Å². The molecule has 0 spiro atoms. The van der Waals surface area contributed by atoms with E-state index in [0.717, 1.165) is 19.3 Å². The minimum Gasteiger partial charge on any atom is -0.462 e. The standard InChI is InChI=1S/C23H37N3O4S/c1-7-9-10-13-26(22-24-16(3)18(31-22)20(28)30-8-2)19(27)17-11-14-25(15-12-17)21(29)23(4,5)6/h17H,7-15H2,1-6H3. The Morgan fingerprint density at radius 2 is 1.81 bits per heavy atom. The van der Waals surface area contributed by atoms with Gasteiger partial charge in [0.1, 0.15) is 4.88 Å². The average Bonchev–Trinajstić information content (AvgIpc) is 3.11. The number of likely N-dealkylation sites (tertiary alicyclic amines) is 1. The summed E-state index contributed by atoms with van der Waals surface area (Å²) in [6.45, 7) is 13.5. The molecule has 1 saturated heterocycles. The van der Waals surface area contributed by atoms with Crippen LogP contribution in [0.25, 0.3) is 0 Å². The van der Waals surface area contributed by atoms with Crippen molar-refractivity contribution >= 4 is 34.3 Å². The minimum absolute atomic E-state index is 0.0446. The Balaban J connectivity index is 2.15. The van der Waals surface area contributed by atoms with Crippen molar-refractivity contribution in [3.63, 3.8) is 0 Å². The summed E-state index contributed by atoms with van der Waals surface area (Å²) in [6.07, 6.45) is 4.27. The topological polar surface area (TPSA) is 79.8 Å². The zero-order valence-corrected chi connectivity index (χ0v) is 20.6. The van der Waals surface area contributed by atoms with Gasteiger partial charge >= 0.3 is 5.97 Å². The maximum Gasteiger partial charge on any atom is 0.350 e. The van der Waals surface area contributed by atoms with Gasteiger partial charge in [-0.25, -0.2) is 9.78 Å². The fourth-order valence-electron chi connectivity index (χ4n) is 3.73. The number of carbonyl (C=O) groups excluding carboxylic acids is 3. The molecular formula is C23H37N3O4S. The van der Waals surface area contributed by atoms with Crippen molar-refractivity contribution in [3.05, 3.63) is 10.6 Å². The zero-order valence-electron chi connectivity index (χ0n) is 19.8. The molecule has 1 aliphatic rings. The summed E-state index contributed by atoms with van der Waals surface area (Å²) in [5.41, 5.74) is 0.183. The van der Waals surface area contributed by atoms with Gasteiger partial charge in [0.15, 0.2) is 5.13 Å². The summed E-state index contributed by atoms with van der Waals surface area (Å²) in [7, 11) is 0. The summed E-state index contributed by atoms with van der Waals surface area (Å²) >= 11 is 1.23. The van der Waals surface area contributed by atoms with Crippen molar-refractivity contribution in [2.24, 2.45) is 11.3 Å². The van der Waals surface area contributed by atoms with Gasteiger partial charge in [0.25, 0.3) is 0 Å². The van der Waals surface area contributed by atoms with Crippen molar-refractivity contribution < 1.29 is 19.1 Å². The molecule has 0 atom stereocenters. The number of hydrogen-bond donors (Lipinski definition) is 0. The molecular weight excluding hydrogens is 414 g/mol. The third-order valence-electron chi connectivity index (χ3n) is 5.50. The van der Waals surface area contributed by atoms with E-state index < -0.39 is 11.4 Å². The smallest absolute Gasteiger partial charge is 0.350 e. The van der Waals surface area contributed by atoms with Crippen LogP contribution < -0.4 is 4.90 Å². The van der Waals surface area contributed by atoms with Gasteiger partial charge in [0.05, 0.1) is 12.3 Å². The number of thiazole rings is 1. The minimum atomic E-state index is -0.412. The molecule has 0 radical (unpaired) electrons. The predicted octanol–water partition coefficient (Wildman–Crippen LogP) is 4.44. The lowest BCUT2D eigenvalue weighted by molar-refractivity contribution is -0.142. The first-order chi connectivity index (χ1) is 14.6. The van der Waals surface area contributed by atoms with Crippen LogP contribution in [-0.4, -0.2) is 53.9 Å². The number of rotatable bonds is 8. The maximum atomic E-state index is 13.5. The van der Waals surface area contributed by atoms with Crippen LogP contribution in [0.5, 0.6) is 0 Å². The second kappa shape index (κ2) is 11.1. The van der Waals surface area contributed by atoms with E-state index in [4.69, 9.17) is 4.74 Å². The molecule has 0 aromatic carbocycles. The van der Waals surface area contributed by atoms with Crippen LogP contribution in [0.15, 0.2) is 0 Å². The number of carbonyl (C=O) groups is 3. The second-order valence-electron chi connectivity index (χ2n) is 9.14. The predicted molar refractivity (Wildman–Crippen MR) is 123 cm³/mol. The normalized spacial score (nSPS) is 15.1.